The fourth-order valence-electron chi connectivity index (χ4n) is 2.28. The second-order valence-electron chi connectivity index (χ2n) is 6.61. The van der Waals surface area contributed by atoms with E-state index < -0.39 is 29.4 Å². The van der Waals surface area contributed by atoms with E-state index in [0.29, 0.717) is 4.90 Å². The number of hydrogen-bond donors (Lipinski definition) is 2. The van der Waals surface area contributed by atoms with Crippen LogP contribution in [0.4, 0.5) is 10.5 Å². The van der Waals surface area contributed by atoms with Gasteiger partial charge in [-0.3, -0.25) is 20.2 Å². The molecule has 0 aromatic heterocycles. The summed E-state index contributed by atoms with van der Waals surface area (Å²) in [7, 11) is 0. The smallest absolute Gasteiger partial charge is 0.338 e. The molecule has 2 N–H and O–H groups in total. The maximum absolute atomic E-state index is 12.2. The molecular weight excluding hydrogens is 410 g/mol. The van der Waals surface area contributed by atoms with E-state index in [1.165, 1.54) is 23.9 Å². The lowest BCUT2D eigenvalue weighted by atomic mass is 10.2. The number of urea groups is 1. The average molecular weight is 431 g/mol. The van der Waals surface area contributed by atoms with Gasteiger partial charge < -0.3 is 10.1 Å². The van der Waals surface area contributed by atoms with Crippen molar-refractivity contribution in [2.45, 2.75) is 36.6 Å². The van der Waals surface area contributed by atoms with E-state index in [4.69, 9.17) is 4.74 Å². The highest BCUT2D eigenvalue weighted by Gasteiger charge is 2.20. The summed E-state index contributed by atoms with van der Waals surface area (Å²) in [4.78, 5) is 47.3. The fraction of sp³-hybridized carbons (Fsp3) is 0.250. The van der Waals surface area contributed by atoms with E-state index in [1.54, 1.807) is 13.8 Å². The molecule has 2 aromatic rings. The van der Waals surface area contributed by atoms with Crippen LogP contribution in [0.25, 0.3) is 0 Å². The van der Waals surface area contributed by atoms with Crippen molar-refractivity contribution in [3.8, 4) is 0 Å². The van der Waals surface area contributed by atoms with Gasteiger partial charge in [0.05, 0.1) is 15.4 Å². The molecule has 0 atom stereocenters. The van der Waals surface area contributed by atoms with Crippen molar-refractivity contribution >= 4 is 35.4 Å². The second kappa shape index (κ2) is 10.4. The highest BCUT2D eigenvalue weighted by atomic mass is 32.2. The average Bonchev–Trinajstić information content (AvgIpc) is 2.67. The number of nitrogens with zero attached hydrogens (tertiary/aromatic N) is 1. The molecule has 30 heavy (non-hydrogen) atoms. The molecule has 0 aliphatic carbocycles. The number of carbonyl (C=O) groups is 3. The van der Waals surface area contributed by atoms with E-state index in [9.17, 15) is 24.5 Å². The van der Waals surface area contributed by atoms with Crippen molar-refractivity contribution in [3.63, 3.8) is 0 Å². The molecule has 3 amide bonds. The Labute approximate surface area is 177 Å². The minimum Gasteiger partial charge on any atom is -0.452 e. The largest absolute Gasteiger partial charge is 0.452 e. The third-order valence-corrected chi connectivity index (χ3v) is 4.72. The maximum atomic E-state index is 12.2. The monoisotopic (exact) mass is 431 g/mol. The van der Waals surface area contributed by atoms with Crippen LogP contribution in [0.5, 0.6) is 0 Å². The Morgan fingerprint density at radius 1 is 1.13 bits per heavy atom. The normalized spacial score (nSPS) is 10.4. The van der Waals surface area contributed by atoms with Gasteiger partial charge in [-0.1, -0.05) is 29.5 Å². The number of rotatable bonds is 7. The quantitative estimate of drug-likeness (QED) is 0.390. The SMILES string of the molecule is Cc1ccc(Sc2ccc(C(=O)OCC(=O)NC(=O)NC(C)C)cc2[N+](=O)[O-])cc1. The molecule has 0 heterocycles. The maximum Gasteiger partial charge on any atom is 0.338 e. The Hall–Kier alpha value is -3.40. The summed E-state index contributed by atoms with van der Waals surface area (Å²) in [6, 6.07) is 10.5. The summed E-state index contributed by atoms with van der Waals surface area (Å²) in [5, 5.41) is 15.9. The molecule has 158 valence electrons. The van der Waals surface area contributed by atoms with Crippen LogP contribution in [0.15, 0.2) is 52.3 Å². The van der Waals surface area contributed by atoms with Gasteiger partial charge in [0.25, 0.3) is 11.6 Å². The molecule has 0 unspecified atom stereocenters. The van der Waals surface area contributed by atoms with E-state index in [0.717, 1.165) is 16.5 Å². The molecule has 9 nitrogen and oxygen atoms in total. The molecule has 0 bridgehead atoms. The first-order valence-electron chi connectivity index (χ1n) is 8.96. The first-order valence-corrected chi connectivity index (χ1v) is 9.78. The van der Waals surface area contributed by atoms with Crippen molar-refractivity contribution in [1.29, 1.82) is 0 Å². The Morgan fingerprint density at radius 3 is 2.40 bits per heavy atom. The van der Waals surface area contributed by atoms with Gasteiger partial charge in [-0.25, -0.2) is 9.59 Å². The van der Waals surface area contributed by atoms with E-state index >= 15 is 0 Å². The topological polar surface area (TPSA) is 128 Å². The third-order valence-electron chi connectivity index (χ3n) is 3.65. The van der Waals surface area contributed by atoms with Crippen LogP contribution in [-0.4, -0.2) is 35.5 Å². The molecule has 0 fully saturated rings. The zero-order valence-corrected chi connectivity index (χ0v) is 17.4. The minimum absolute atomic E-state index is 0.0746. The van der Waals surface area contributed by atoms with Crippen molar-refractivity contribution in [3.05, 3.63) is 63.7 Å². The number of benzene rings is 2. The number of nitro groups is 1. The molecule has 0 aliphatic rings. The first kappa shape index (κ1) is 22.9. The van der Waals surface area contributed by atoms with Crippen LogP contribution in [0.2, 0.25) is 0 Å². The molecule has 0 saturated heterocycles. The molecule has 0 radical (unpaired) electrons. The van der Waals surface area contributed by atoms with E-state index in [2.05, 4.69) is 5.32 Å². The first-order chi connectivity index (χ1) is 14.2. The van der Waals surface area contributed by atoms with Crippen LogP contribution in [0.3, 0.4) is 0 Å². The van der Waals surface area contributed by atoms with Crippen LogP contribution < -0.4 is 10.6 Å². The molecule has 10 heteroatoms. The van der Waals surface area contributed by atoms with Gasteiger partial charge in [-0.2, -0.15) is 0 Å². The Bertz CT molecular complexity index is 960. The number of ether oxygens (including phenoxy) is 1. The zero-order valence-electron chi connectivity index (χ0n) is 16.6. The Morgan fingerprint density at radius 2 is 1.80 bits per heavy atom. The number of imide groups is 1. The van der Waals surface area contributed by atoms with Gasteiger partial charge in [0, 0.05) is 17.0 Å². The van der Waals surface area contributed by atoms with Crippen LogP contribution >= 0.6 is 11.8 Å². The van der Waals surface area contributed by atoms with Crippen molar-refractivity contribution in [2.24, 2.45) is 0 Å². The third kappa shape index (κ3) is 6.89. The van der Waals surface area contributed by atoms with Crippen LogP contribution in [0.1, 0.15) is 29.8 Å². The molecule has 2 aromatic carbocycles. The highest BCUT2D eigenvalue weighted by Crippen LogP contribution is 2.35. The number of amides is 3. The summed E-state index contributed by atoms with van der Waals surface area (Å²) in [5.74, 6) is -1.73. The lowest BCUT2D eigenvalue weighted by molar-refractivity contribution is -0.387. The number of nitro benzene ring substituents is 1. The minimum atomic E-state index is -0.913. The van der Waals surface area contributed by atoms with Crippen LogP contribution in [0, 0.1) is 17.0 Å². The molecule has 0 spiro atoms. The van der Waals surface area contributed by atoms with E-state index in [-0.39, 0.29) is 17.3 Å². The van der Waals surface area contributed by atoms with Gasteiger partial charge in [-0.15, -0.1) is 0 Å². The van der Waals surface area contributed by atoms with Crippen molar-refractivity contribution in [1.82, 2.24) is 10.6 Å². The summed E-state index contributed by atoms with van der Waals surface area (Å²) in [6.07, 6.45) is 0. The summed E-state index contributed by atoms with van der Waals surface area (Å²) in [5.41, 5.74) is 0.739. The summed E-state index contributed by atoms with van der Waals surface area (Å²) in [6.45, 7) is 4.68. The number of esters is 1. The molecule has 0 aliphatic heterocycles. The van der Waals surface area contributed by atoms with Crippen molar-refractivity contribution in [2.75, 3.05) is 6.61 Å². The highest BCUT2D eigenvalue weighted by molar-refractivity contribution is 7.99. The van der Waals surface area contributed by atoms with Gasteiger partial charge in [0.15, 0.2) is 6.61 Å². The van der Waals surface area contributed by atoms with Gasteiger partial charge in [-0.05, 0) is 45.0 Å². The predicted molar refractivity (Wildman–Crippen MR) is 110 cm³/mol. The standard InChI is InChI=1S/C20H21N3O6S/c1-12(2)21-20(26)22-18(24)11-29-19(25)14-6-9-17(16(10-14)23(27)28)30-15-7-4-13(3)5-8-15/h4-10,12H,11H2,1-3H3,(H2,21,22,24,26). The van der Waals surface area contributed by atoms with Crippen molar-refractivity contribution < 1.29 is 24.0 Å². The van der Waals surface area contributed by atoms with Gasteiger partial charge >= 0.3 is 12.0 Å². The summed E-state index contributed by atoms with van der Waals surface area (Å²) < 4.78 is 4.84. The second-order valence-corrected chi connectivity index (χ2v) is 7.72. The van der Waals surface area contributed by atoms with Gasteiger partial charge in [0.2, 0.25) is 0 Å². The Balaban J connectivity index is 2.05. The van der Waals surface area contributed by atoms with E-state index in [1.807, 2.05) is 36.5 Å². The summed E-state index contributed by atoms with van der Waals surface area (Å²) >= 11 is 1.20. The lowest BCUT2D eigenvalue weighted by Gasteiger charge is -2.10. The number of nitrogens with one attached hydrogen (secondary N) is 2. The number of carbonyl (C=O) groups excluding carboxylic acids is 3. The molecule has 2 rings (SSSR count). The molecular formula is C20H21N3O6S. The zero-order chi connectivity index (χ0) is 22.3. The Kier molecular flexibility index (Phi) is 7.93. The molecule has 0 saturated carbocycles. The van der Waals surface area contributed by atoms with Crippen LogP contribution in [-0.2, 0) is 9.53 Å². The van der Waals surface area contributed by atoms with Gasteiger partial charge in [0.1, 0.15) is 0 Å². The predicted octanol–water partition coefficient (Wildman–Crippen LogP) is 3.45. The fourth-order valence-corrected chi connectivity index (χ4v) is 3.18. The number of hydrogen-bond acceptors (Lipinski definition) is 7. The number of aryl methyl sites for hydroxylation is 1. The lowest BCUT2D eigenvalue weighted by Crippen LogP contribution is -2.44.